The fourth-order valence-corrected chi connectivity index (χ4v) is 4.91. The van der Waals surface area contributed by atoms with Crippen LogP contribution in [0.5, 0.6) is 0 Å². The van der Waals surface area contributed by atoms with Crippen LogP contribution in [0.25, 0.3) is 0 Å². The molecule has 21 heavy (non-hydrogen) atoms. The minimum Gasteiger partial charge on any atom is -0.348 e. The molecule has 1 N–H and O–H groups in total. The molecule has 0 amide bonds. The number of nitrogens with one attached hydrogen (secondary N) is 1. The van der Waals surface area contributed by atoms with Crippen LogP contribution in [0, 0.1) is 5.41 Å². The van der Waals surface area contributed by atoms with Crippen LogP contribution >= 0.6 is 11.3 Å². The van der Waals surface area contributed by atoms with E-state index < -0.39 is 0 Å². The molecule has 0 unspecified atom stereocenters. The van der Waals surface area contributed by atoms with Crippen molar-refractivity contribution in [1.82, 2.24) is 10.3 Å². The summed E-state index contributed by atoms with van der Waals surface area (Å²) in [6, 6.07) is 0.774. The zero-order valence-corrected chi connectivity index (χ0v) is 13.8. The molecule has 1 aromatic heterocycles. The van der Waals surface area contributed by atoms with Gasteiger partial charge in [-0.2, -0.15) is 0 Å². The highest BCUT2D eigenvalue weighted by atomic mass is 32.1. The third-order valence-electron chi connectivity index (χ3n) is 5.70. The van der Waals surface area contributed by atoms with E-state index in [9.17, 15) is 0 Å². The quantitative estimate of drug-likeness (QED) is 0.913. The second-order valence-corrected chi connectivity index (χ2v) is 8.16. The Hall–Kier alpha value is -0.610. The largest absolute Gasteiger partial charge is 0.348 e. The van der Waals surface area contributed by atoms with Crippen molar-refractivity contribution in [3.05, 3.63) is 11.1 Å². The van der Waals surface area contributed by atoms with Crippen molar-refractivity contribution in [3.8, 4) is 0 Å². The van der Waals surface area contributed by atoms with E-state index in [1.165, 1.54) is 81.7 Å². The van der Waals surface area contributed by atoms with E-state index >= 15 is 0 Å². The van der Waals surface area contributed by atoms with Crippen LogP contribution in [0.3, 0.4) is 0 Å². The first-order chi connectivity index (χ1) is 10.3. The standard InChI is InChI=1S/C17H27N3S/c1-2-6-17(7-3-1)8-10-20(11-9-17)16-19-15(13-21-16)12-18-14-4-5-14/h13-14,18H,1-12H2. The Bertz CT molecular complexity index is 464. The lowest BCUT2D eigenvalue weighted by atomic mass is 9.68. The van der Waals surface area contributed by atoms with Crippen LogP contribution in [0.2, 0.25) is 0 Å². The maximum absolute atomic E-state index is 4.85. The normalized spacial score (nSPS) is 25.4. The van der Waals surface area contributed by atoms with Gasteiger partial charge in [0.1, 0.15) is 0 Å². The van der Waals surface area contributed by atoms with E-state index in [0.29, 0.717) is 5.41 Å². The molecule has 0 bridgehead atoms. The number of rotatable bonds is 4. The predicted molar refractivity (Wildman–Crippen MR) is 88.9 cm³/mol. The summed E-state index contributed by atoms with van der Waals surface area (Å²) in [6.07, 6.45) is 12.9. The van der Waals surface area contributed by atoms with Gasteiger partial charge in [-0.05, 0) is 43.9 Å². The SMILES string of the molecule is c1sc(N2CCC3(CCCCC3)CC2)nc1CNC1CC1. The Labute approximate surface area is 132 Å². The van der Waals surface area contributed by atoms with Gasteiger partial charge < -0.3 is 10.2 Å². The minimum absolute atomic E-state index is 0.697. The molecule has 4 heteroatoms. The Kier molecular flexibility index (Phi) is 3.92. The van der Waals surface area contributed by atoms with Crippen molar-refractivity contribution in [2.24, 2.45) is 5.41 Å². The van der Waals surface area contributed by atoms with Crippen LogP contribution in [-0.2, 0) is 6.54 Å². The number of hydrogen-bond acceptors (Lipinski definition) is 4. The molecule has 0 aromatic carbocycles. The Morgan fingerprint density at radius 2 is 1.90 bits per heavy atom. The molecule has 3 fully saturated rings. The van der Waals surface area contributed by atoms with E-state index in [1.807, 2.05) is 11.3 Å². The molecule has 4 rings (SSSR count). The van der Waals surface area contributed by atoms with Gasteiger partial charge in [-0.15, -0.1) is 11.3 Å². The zero-order chi connectivity index (χ0) is 14.1. The molecule has 3 nitrogen and oxygen atoms in total. The summed E-state index contributed by atoms with van der Waals surface area (Å²) in [5, 5.41) is 7.06. The van der Waals surface area contributed by atoms with Crippen LogP contribution in [0.15, 0.2) is 5.38 Å². The molecule has 116 valence electrons. The van der Waals surface area contributed by atoms with Crippen LogP contribution in [-0.4, -0.2) is 24.1 Å². The number of nitrogens with zero attached hydrogens (tertiary/aromatic N) is 2. The third kappa shape index (κ3) is 3.26. The smallest absolute Gasteiger partial charge is 0.185 e. The maximum atomic E-state index is 4.85. The average Bonchev–Trinajstić information content (AvgIpc) is 3.24. The number of piperidine rings is 1. The van der Waals surface area contributed by atoms with Gasteiger partial charge >= 0.3 is 0 Å². The van der Waals surface area contributed by atoms with Crippen molar-refractivity contribution < 1.29 is 0 Å². The Morgan fingerprint density at radius 1 is 1.14 bits per heavy atom. The van der Waals surface area contributed by atoms with Crippen molar-refractivity contribution in [3.63, 3.8) is 0 Å². The summed E-state index contributed by atoms with van der Waals surface area (Å²) in [6.45, 7) is 3.41. The molecular formula is C17H27N3S. The van der Waals surface area contributed by atoms with Gasteiger partial charge in [-0.25, -0.2) is 4.98 Å². The second-order valence-electron chi connectivity index (χ2n) is 7.32. The molecule has 0 atom stereocenters. The Balaban J connectivity index is 1.32. The van der Waals surface area contributed by atoms with Gasteiger partial charge in [0.25, 0.3) is 0 Å². The van der Waals surface area contributed by atoms with Crippen molar-refractivity contribution >= 4 is 16.5 Å². The lowest BCUT2D eigenvalue weighted by Crippen LogP contribution is -2.41. The van der Waals surface area contributed by atoms with E-state index in [4.69, 9.17) is 4.98 Å². The first-order valence-electron chi connectivity index (χ1n) is 8.76. The van der Waals surface area contributed by atoms with Crippen LogP contribution in [0.1, 0.15) is 63.5 Å². The summed E-state index contributed by atoms with van der Waals surface area (Å²) in [7, 11) is 0. The summed E-state index contributed by atoms with van der Waals surface area (Å²) < 4.78 is 0. The van der Waals surface area contributed by atoms with E-state index in [-0.39, 0.29) is 0 Å². The topological polar surface area (TPSA) is 28.2 Å². The lowest BCUT2D eigenvalue weighted by molar-refractivity contribution is 0.144. The molecule has 2 heterocycles. The van der Waals surface area contributed by atoms with Crippen molar-refractivity contribution in [1.29, 1.82) is 0 Å². The number of thiazole rings is 1. The first kappa shape index (κ1) is 14.0. The van der Waals surface area contributed by atoms with Gasteiger partial charge in [0.15, 0.2) is 5.13 Å². The predicted octanol–water partition coefficient (Wildman–Crippen LogP) is 3.95. The fourth-order valence-electron chi connectivity index (χ4n) is 4.03. The van der Waals surface area contributed by atoms with Gasteiger partial charge in [-0.1, -0.05) is 19.3 Å². The van der Waals surface area contributed by atoms with E-state index in [2.05, 4.69) is 15.6 Å². The summed E-state index contributed by atoms with van der Waals surface area (Å²) in [5.74, 6) is 0. The van der Waals surface area contributed by atoms with Gasteiger partial charge in [0, 0.05) is 31.1 Å². The summed E-state index contributed by atoms with van der Waals surface area (Å²) in [4.78, 5) is 7.38. The summed E-state index contributed by atoms with van der Waals surface area (Å²) >= 11 is 1.84. The molecule has 0 radical (unpaired) electrons. The lowest BCUT2D eigenvalue weighted by Gasteiger charge is -2.44. The molecule has 2 aliphatic carbocycles. The second kappa shape index (κ2) is 5.88. The summed E-state index contributed by atoms with van der Waals surface area (Å²) in [5.41, 5.74) is 1.93. The zero-order valence-electron chi connectivity index (χ0n) is 12.9. The number of aromatic nitrogens is 1. The van der Waals surface area contributed by atoms with E-state index in [1.54, 1.807) is 0 Å². The highest BCUT2D eigenvalue weighted by Gasteiger charge is 2.36. The fraction of sp³-hybridized carbons (Fsp3) is 0.824. The van der Waals surface area contributed by atoms with Crippen LogP contribution in [0.4, 0.5) is 5.13 Å². The van der Waals surface area contributed by atoms with Gasteiger partial charge in [-0.3, -0.25) is 0 Å². The molecule has 1 saturated heterocycles. The number of hydrogen-bond donors (Lipinski definition) is 1. The van der Waals surface area contributed by atoms with Crippen LogP contribution < -0.4 is 10.2 Å². The molecular weight excluding hydrogens is 278 g/mol. The highest BCUT2D eigenvalue weighted by Crippen LogP contribution is 2.45. The first-order valence-corrected chi connectivity index (χ1v) is 9.64. The van der Waals surface area contributed by atoms with Crippen molar-refractivity contribution in [2.75, 3.05) is 18.0 Å². The third-order valence-corrected chi connectivity index (χ3v) is 6.65. The average molecular weight is 305 g/mol. The van der Waals surface area contributed by atoms with E-state index in [0.717, 1.165) is 12.6 Å². The molecule has 1 aliphatic heterocycles. The molecule has 3 aliphatic rings. The molecule has 1 aromatic rings. The maximum Gasteiger partial charge on any atom is 0.185 e. The molecule has 1 spiro atoms. The Morgan fingerprint density at radius 3 is 2.62 bits per heavy atom. The van der Waals surface area contributed by atoms with Gasteiger partial charge in [0.2, 0.25) is 0 Å². The highest BCUT2D eigenvalue weighted by molar-refractivity contribution is 7.13. The van der Waals surface area contributed by atoms with Crippen molar-refractivity contribution in [2.45, 2.75) is 70.4 Å². The minimum atomic E-state index is 0.697. The van der Waals surface area contributed by atoms with Gasteiger partial charge in [0.05, 0.1) is 5.69 Å². The monoisotopic (exact) mass is 305 g/mol. The molecule has 2 saturated carbocycles. The number of anilines is 1.